The predicted molar refractivity (Wildman–Crippen MR) is 66.4 cm³/mol. The van der Waals surface area contributed by atoms with Gasteiger partial charge >= 0.3 is 5.97 Å². The van der Waals surface area contributed by atoms with E-state index >= 15 is 0 Å². The van der Waals surface area contributed by atoms with Gasteiger partial charge in [-0.25, -0.2) is 9.18 Å². The summed E-state index contributed by atoms with van der Waals surface area (Å²) in [4.78, 5) is 11.9. The number of aromatic carboxylic acids is 1. The molecular formula is C12H8ClFO2S. The fourth-order valence-electron chi connectivity index (χ4n) is 1.69. The largest absolute Gasteiger partial charge is 0.478 e. The number of rotatable bonds is 2. The average Bonchev–Trinajstić information content (AvgIpc) is 2.53. The lowest BCUT2D eigenvalue weighted by Crippen LogP contribution is -1.98. The van der Waals surface area contributed by atoms with Crippen molar-refractivity contribution >= 4 is 28.9 Å². The zero-order valence-corrected chi connectivity index (χ0v) is 10.4. The highest BCUT2D eigenvalue weighted by atomic mass is 35.5. The molecule has 0 fully saturated rings. The number of carboxylic acid groups (broad SMARTS) is 1. The van der Waals surface area contributed by atoms with Crippen molar-refractivity contribution in [1.82, 2.24) is 0 Å². The van der Waals surface area contributed by atoms with Crippen LogP contribution in [0.4, 0.5) is 4.39 Å². The third-order valence-electron chi connectivity index (χ3n) is 2.37. The van der Waals surface area contributed by atoms with E-state index in [0.717, 1.165) is 4.88 Å². The van der Waals surface area contributed by atoms with Crippen LogP contribution in [-0.4, -0.2) is 11.1 Å². The number of aryl methyl sites for hydroxylation is 1. The molecule has 0 spiro atoms. The van der Waals surface area contributed by atoms with E-state index in [1.54, 1.807) is 19.1 Å². The van der Waals surface area contributed by atoms with Crippen LogP contribution in [0.1, 0.15) is 15.2 Å². The van der Waals surface area contributed by atoms with E-state index < -0.39 is 11.8 Å². The van der Waals surface area contributed by atoms with Crippen molar-refractivity contribution in [3.8, 4) is 11.1 Å². The van der Waals surface area contributed by atoms with Crippen LogP contribution in [0.3, 0.4) is 0 Å². The zero-order chi connectivity index (χ0) is 12.6. The lowest BCUT2D eigenvalue weighted by atomic mass is 10.0. The molecule has 0 atom stereocenters. The molecule has 0 aliphatic carbocycles. The predicted octanol–water partition coefficient (Wildman–Crippen LogP) is 4.21. The lowest BCUT2D eigenvalue weighted by molar-refractivity contribution is 0.0698. The summed E-state index contributed by atoms with van der Waals surface area (Å²) in [6, 6.07) is 5.83. The summed E-state index contributed by atoms with van der Waals surface area (Å²) in [5.74, 6) is -1.50. The maximum Gasteiger partial charge on any atom is 0.338 e. The third-order valence-corrected chi connectivity index (χ3v) is 3.68. The van der Waals surface area contributed by atoms with E-state index in [1.165, 1.54) is 23.5 Å². The Morgan fingerprint density at radius 2 is 2.18 bits per heavy atom. The first-order valence-electron chi connectivity index (χ1n) is 4.79. The van der Waals surface area contributed by atoms with E-state index in [2.05, 4.69) is 0 Å². The Labute approximate surface area is 106 Å². The smallest absolute Gasteiger partial charge is 0.338 e. The molecule has 17 heavy (non-hydrogen) atoms. The Bertz CT molecular complexity index is 592. The van der Waals surface area contributed by atoms with Gasteiger partial charge in [0.2, 0.25) is 0 Å². The van der Waals surface area contributed by atoms with Crippen LogP contribution in [0.25, 0.3) is 11.1 Å². The molecule has 0 unspecified atom stereocenters. The van der Waals surface area contributed by atoms with E-state index in [0.29, 0.717) is 11.1 Å². The van der Waals surface area contributed by atoms with Crippen molar-refractivity contribution in [3.05, 3.63) is 44.9 Å². The second-order valence-electron chi connectivity index (χ2n) is 3.50. The van der Waals surface area contributed by atoms with Gasteiger partial charge in [-0.1, -0.05) is 23.7 Å². The number of carbonyl (C=O) groups is 1. The minimum Gasteiger partial charge on any atom is -0.478 e. The van der Waals surface area contributed by atoms with Crippen molar-refractivity contribution in [2.24, 2.45) is 0 Å². The molecule has 2 nitrogen and oxygen atoms in total. The normalized spacial score (nSPS) is 10.5. The van der Waals surface area contributed by atoms with Gasteiger partial charge in [-0.2, -0.15) is 0 Å². The summed E-state index contributed by atoms with van der Waals surface area (Å²) < 4.78 is 13.4. The topological polar surface area (TPSA) is 37.3 Å². The molecule has 1 aromatic heterocycles. The number of hydrogen-bond acceptors (Lipinski definition) is 2. The molecule has 1 heterocycles. The zero-order valence-electron chi connectivity index (χ0n) is 8.83. The van der Waals surface area contributed by atoms with Crippen molar-refractivity contribution in [3.63, 3.8) is 0 Å². The molecule has 0 saturated heterocycles. The van der Waals surface area contributed by atoms with E-state index in [9.17, 15) is 9.18 Å². The van der Waals surface area contributed by atoms with Gasteiger partial charge in [0, 0.05) is 10.4 Å². The Kier molecular flexibility index (Phi) is 3.17. The molecule has 2 rings (SSSR count). The summed E-state index contributed by atoms with van der Waals surface area (Å²) in [5.41, 5.74) is 1.06. The second-order valence-corrected chi connectivity index (χ2v) is 5.32. The Morgan fingerprint density at radius 1 is 1.47 bits per heavy atom. The fourth-order valence-corrected chi connectivity index (χ4v) is 3.10. The second kappa shape index (κ2) is 4.47. The standard InChI is InChI=1S/C12H8ClFO2S/c1-6-9(7-3-2-4-8(14)5-7)10(12(15)16)11(13)17-6/h2-5H,1H3,(H,15,16). The van der Waals surface area contributed by atoms with Gasteiger partial charge < -0.3 is 5.11 Å². The highest BCUT2D eigenvalue weighted by molar-refractivity contribution is 7.17. The van der Waals surface area contributed by atoms with Crippen LogP contribution in [-0.2, 0) is 0 Å². The van der Waals surface area contributed by atoms with E-state index in [-0.39, 0.29) is 9.90 Å². The monoisotopic (exact) mass is 270 g/mol. The van der Waals surface area contributed by atoms with Gasteiger partial charge in [0.25, 0.3) is 0 Å². The number of halogens is 2. The molecule has 88 valence electrons. The van der Waals surface area contributed by atoms with Gasteiger partial charge in [-0.3, -0.25) is 0 Å². The SMILES string of the molecule is Cc1sc(Cl)c(C(=O)O)c1-c1cccc(F)c1. The van der Waals surface area contributed by atoms with Crippen molar-refractivity contribution in [2.75, 3.05) is 0 Å². The minimum atomic E-state index is -1.10. The number of thiophene rings is 1. The molecule has 1 aromatic carbocycles. The Morgan fingerprint density at radius 3 is 2.76 bits per heavy atom. The van der Waals surface area contributed by atoms with Crippen molar-refractivity contribution in [2.45, 2.75) is 6.92 Å². The number of benzene rings is 1. The fraction of sp³-hybridized carbons (Fsp3) is 0.0833. The molecule has 0 aliphatic heterocycles. The molecule has 0 aliphatic rings. The third kappa shape index (κ3) is 2.18. The summed E-state index contributed by atoms with van der Waals surface area (Å²) in [6.07, 6.45) is 0. The van der Waals surface area contributed by atoms with Crippen LogP contribution in [0.5, 0.6) is 0 Å². The van der Waals surface area contributed by atoms with Crippen LogP contribution in [0.15, 0.2) is 24.3 Å². The van der Waals surface area contributed by atoms with Crippen LogP contribution in [0, 0.1) is 12.7 Å². The van der Waals surface area contributed by atoms with Crippen molar-refractivity contribution < 1.29 is 14.3 Å². The van der Waals surface area contributed by atoms with Crippen LogP contribution < -0.4 is 0 Å². The first-order chi connectivity index (χ1) is 8.00. The van der Waals surface area contributed by atoms with E-state index in [4.69, 9.17) is 16.7 Å². The lowest BCUT2D eigenvalue weighted by Gasteiger charge is -2.03. The summed E-state index contributed by atoms with van der Waals surface area (Å²) in [5, 5.41) is 9.12. The maximum atomic E-state index is 13.1. The summed E-state index contributed by atoms with van der Waals surface area (Å²) >= 11 is 7.07. The quantitative estimate of drug-likeness (QED) is 0.887. The van der Waals surface area contributed by atoms with Gasteiger partial charge in [0.1, 0.15) is 10.2 Å². The van der Waals surface area contributed by atoms with Gasteiger partial charge in [0.05, 0.1) is 5.56 Å². The Hall–Kier alpha value is -1.39. The van der Waals surface area contributed by atoms with E-state index in [1.807, 2.05) is 0 Å². The number of hydrogen-bond donors (Lipinski definition) is 1. The number of carboxylic acids is 1. The molecule has 0 saturated carbocycles. The van der Waals surface area contributed by atoms with Gasteiger partial charge in [0.15, 0.2) is 0 Å². The summed E-state index contributed by atoms with van der Waals surface area (Å²) in [7, 11) is 0. The average molecular weight is 271 g/mol. The minimum absolute atomic E-state index is 0.0415. The first kappa shape index (κ1) is 12.1. The molecule has 2 aromatic rings. The molecular weight excluding hydrogens is 263 g/mol. The van der Waals surface area contributed by atoms with Crippen LogP contribution in [0.2, 0.25) is 4.34 Å². The highest BCUT2D eigenvalue weighted by Gasteiger charge is 2.21. The van der Waals surface area contributed by atoms with Gasteiger partial charge in [-0.05, 0) is 24.6 Å². The van der Waals surface area contributed by atoms with Gasteiger partial charge in [-0.15, -0.1) is 11.3 Å². The molecule has 0 radical (unpaired) electrons. The maximum absolute atomic E-state index is 13.1. The highest BCUT2D eigenvalue weighted by Crippen LogP contribution is 2.39. The van der Waals surface area contributed by atoms with Crippen LogP contribution >= 0.6 is 22.9 Å². The Balaban J connectivity index is 2.70. The van der Waals surface area contributed by atoms with Crippen molar-refractivity contribution in [1.29, 1.82) is 0 Å². The molecule has 1 N–H and O–H groups in total. The summed E-state index contributed by atoms with van der Waals surface area (Å²) in [6.45, 7) is 1.77. The molecule has 5 heteroatoms. The first-order valence-corrected chi connectivity index (χ1v) is 5.98. The molecule has 0 amide bonds. The molecule has 0 bridgehead atoms.